The highest BCUT2D eigenvalue weighted by atomic mass is 32.2. The largest absolute Gasteiger partial charge is 0.393 e. The van der Waals surface area contributed by atoms with Gasteiger partial charge in [-0.25, -0.2) is 13.1 Å². The molecule has 1 unspecified atom stereocenters. The van der Waals surface area contributed by atoms with Crippen LogP contribution in [0, 0.1) is 5.41 Å². The van der Waals surface area contributed by atoms with Crippen molar-refractivity contribution in [3.05, 3.63) is 12.4 Å². The topological polar surface area (TPSA) is 84.2 Å². The van der Waals surface area contributed by atoms with Crippen LogP contribution in [0.2, 0.25) is 0 Å². The third-order valence-electron chi connectivity index (χ3n) is 3.01. The number of nitrogens with one attached hydrogen (secondary N) is 1. The molecule has 0 aliphatic rings. The third kappa shape index (κ3) is 4.88. The first-order valence-corrected chi connectivity index (χ1v) is 8.24. The lowest BCUT2D eigenvalue weighted by atomic mass is 9.87. The molecule has 0 radical (unpaired) electrons. The van der Waals surface area contributed by atoms with E-state index in [1.807, 2.05) is 27.7 Å². The second-order valence-electron chi connectivity index (χ2n) is 6.29. The molecule has 1 aromatic rings. The summed E-state index contributed by atoms with van der Waals surface area (Å²) in [6.45, 7) is 9.67. The van der Waals surface area contributed by atoms with Crippen molar-refractivity contribution in [3.63, 3.8) is 0 Å². The smallest absolute Gasteiger partial charge is 0.243 e. The zero-order valence-corrected chi connectivity index (χ0v) is 13.6. The van der Waals surface area contributed by atoms with E-state index >= 15 is 0 Å². The molecule has 2 N–H and O–H groups in total. The molecule has 0 aliphatic carbocycles. The highest BCUT2D eigenvalue weighted by molar-refractivity contribution is 7.89. The molecule has 1 heterocycles. The molecule has 7 heteroatoms. The van der Waals surface area contributed by atoms with Gasteiger partial charge in [0.05, 0.1) is 12.3 Å². The lowest BCUT2D eigenvalue weighted by molar-refractivity contribution is 0.131. The number of sulfonamides is 1. The predicted molar refractivity (Wildman–Crippen MR) is 77.9 cm³/mol. The third-order valence-corrected chi connectivity index (χ3v) is 4.36. The lowest BCUT2D eigenvalue weighted by Crippen LogP contribution is -2.35. The monoisotopic (exact) mass is 303 g/mol. The van der Waals surface area contributed by atoms with E-state index in [-0.39, 0.29) is 22.9 Å². The Balaban J connectivity index is 2.75. The van der Waals surface area contributed by atoms with Gasteiger partial charge in [0.15, 0.2) is 0 Å². The fourth-order valence-corrected chi connectivity index (χ4v) is 3.17. The van der Waals surface area contributed by atoms with E-state index in [9.17, 15) is 13.5 Å². The van der Waals surface area contributed by atoms with E-state index in [2.05, 4.69) is 9.82 Å². The van der Waals surface area contributed by atoms with Gasteiger partial charge in [0.2, 0.25) is 10.0 Å². The van der Waals surface area contributed by atoms with Crippen LogP contribution in [-0.2, 0) is 10.0 Å². The van der Waals surface area contributed by atoms with Gasteiger partial charge in [-0.2, -0.15) is 5.10 Å². The molecule has 0 saturated heterocycles. The standard InChI is InChI=1S/C13H25N3O3S/c1-10(2)16-8-12(7-14-16)20(18,19)15-9-13(4,5)6-11(3)17/h7-8,10-11,15,17H,6,9H2,1-5H3. The van der Waals surface area contributed by atoms with Crippen LogP contribution in [-0.4, -0.2) is 36.0 Å². The van der Waals surface area contributed by atoms with Gasteiger partial charge in [-0.1, -0.05) is 13.8 Å². The summed E-state index contributed by atoms with van der Waals surface area (Å²) in [5.74, 6) is 0. The fourth-order valence-electron chi connectivity index (χ4n) is 1.99. The van der Waals surface area contributed by atoms with Crippen LogP contribution >= 0.6 is 0 Å². The fraction of sp³-hybridized carbons (Fsp3) is 0.769. The number of aliphatic hydroxyl groups is 1. The van der Waals surface area contributed by atoms with E-state index < -0.39 is 16.1 Å². The quantitative estimate of drug-likeness (QED) is 0.800. The number of rotatable bonds is 7. The second-order valence-corrected chi connectivity index (χ2v) is 8.06. The Kier molecular flexibility index (Phi) is 5.34. The molecular formula is C13H25N3O3S. The lowest BCUT2D eigenvalue weighted by Gasteiger charge is -2.26. The average molecular weight is 303 g/mol. The van der Waals surface area contributed by atoms with Gasteiger partial charge in [-0.15, -0.1) is 0 Å². The molecule has 1 atom stereocenters. The molecule has 0 spiro atoms. The normalized spacial score (nSPS) is 14.8. The van der Waals surface area contributed by atoms with Crippen molar-refractivity contribution >= 4 is 10.0 Å². The van der Waals surface area contributed by atoms with E-state index in [4.69, 9.17) is 0 Å². The van der Waals surface area contributed by atoms with Crippen LogP contribution in [0.15, 0.2) is 17.3 Å². The van der Waals surface area contributed by atoms with Crippen LogP contribution < -0.4 is 4.72 Å². The molecule has 1 aromatic heterocycles. The first kappa shape index (κ1) is 17.1. The first-order valence-electron chi connectivity index (χ1n) is 6.75. The Morgan fingerprint density at radius 1 is 1.40 bits per heavy atom. The zero-order valence-electron chi connectivity index (χ0n) is 12.8. The Hall–Kier alpha value is -0.920. The van der Waals surface area contributed by atoms with Gasteiger partial charge < -0.3 is 5.11 Å². The summed E-state index contributed by atoms with van der Waals surface area (Å²) in [4.78, 5) is 0.166. The molecule has 0 bridgehead atoms. The maximum absolute atomic E-state index is 12.2. The number of aromatic nitrogens is 2. The molecule has 0 fully saturated rings. The summed E-state index contributed by atoms with van der Waals surface area (Å²) >= 11 is 0. The van der Waals surface area contributed by atoms with Crippen molar-refractivity contribution < 1.29 is 13.5 Å². The van der Waals surface area contributed by atoms with Crippen molar-refractivity contribution in [3.8, 4) is 0 Å². The molecular weight excluding hydrogens is 278 g/mol. The van der Waals surface area contributed by atoms with Crippen LogP contribution in [0.4, 0.5) is 0 Å². The van der Waals surface area contributed by atoms with Crippen LogP contribution in [0.1, 0.15) is 47.1 Å². The molecule has 116 valence electrons. The van der Waals surface area contributed by atoms with Gasteiger partial charge in [0.25, 0.3) is 0 Å². The Morgan fingerprint density at radius 3 is 2.45 bits per heavy atom. The maximum Gasteiger partial charge on any atom is 0.243 e. The first-order chi connectivity index (χ1) is 9.03. The molecule has 6 nitrogen and oxygen atoms in total. The number of hydrogen-bond donors (Lipinski definition) is 2. The highest BCUT2D eigenvalue weighted by Gasteiger charge is 2.24. The van der Waals surface area contributed by atoms with E-state index in [1.165, 1.54) is 12.4 Å². The summed E-state index contributed by atoms with van der Waals surface area (Å²) < 4.78 is 28.5. The molecule has 0 amide bonds. The molecule has 0 saturated carbocycles. The zero-order chi connectivity index (χ0) is 15.6. The number of nitrogens with zero attached hydrogens (tertiary/aromatic N) is 2. The SMILES string of the molecule is CC(O)CC(C)(C)CNS(=O)(=O)c1cnn(C(C)C)c1. The van der Waals surface area contributed by atoms with Crippen molar-refractivity contribution in [2.45, 2.75) is 58.1 Å². The van der Waals surface area contributed by atoms with Gasteiger partial charge >= 0.3 is 0 Å². The van der Waals surface area contributed by atoms with Gasteiger partial charge in [-0.3, -0.25) is 4.68 Å². The predicted octanol–water partition coefficient (Wildman–Crippen LogP) is 1.54. The minimum absolute atomic E-state index is 0.116. The Bertz CT molecular complexity index is 533. The van der Waals surface area contributed by atoms with Crippen LogP contribution in [0.3, 0.4) is 0 Å². The van der Waals surface area contributed by atoms with Gasteiger partial charge in [-0.05, 0) is 32.6 Å². The second kappa shape index (κ2) is 6.24. The summed E-state index contributed by atoms with van der Waals surface area (Å²) in [5.41, 5.74) is -0.310. The summed E-state index contributed by atoms with van der Waals surface area (Å²) in [6.07, 6.45) is 2.94. The number of hydrogen-bond acceptors (Lipinski definition) is 4. The average Bonchev–Trinajstić information content (AvgIpc) is 2.75. The van der Waals surface area contributed by atoms with Crippen LogP contribution in [0.5, 0.6) is 0 Å². The summed E-state index contributed by atoms with van der Waals surface area (Å²) in [6, 6.07) is 0.116. The number of aliphatic hydroxyl groups excluding tert-OH is 1. The minimum atomic E-state index is -3.56. The van der Waals surface area contributed by atoms with Crippen molar-refractivity contribution in [1.82, 2.24) is 14.5 Å². The van der Waals surface area contributed by atoms with E-state index in [0.29, 0.717) is 6.42 Å². The van der Waals surface area contributed by atoms with Crippen LogP contribution in [0.25, 0.3) is 0 Å². The molecule has 0 aromatic carbocycles. The minimum Gasteiger partial charge on any atom is -0.393 e. The van der Waals surface area contributed by atoms with E-state index in [0.717, 1.165) is 0 Å². The highest BCUT2D eigenvalue weighted by Crippen LogP contribution is 2.22. The van der Waals surface area contributed by atoms with Crippen molar-refractivity contribution in [2.24, 2.45) is 5.41 Å². The Morgan fingerprint density at radius 2 is 2.00 bits per heavy atom. The van der Waals surface area contributed by atoms with E-state index in [1.54, 1.807) is 11.6 Å². The van der Waals surface area contributed by atoms with Crippen molar-refractivity contribution in [2.75, 3.05) is 6.54 Å². The molecule has 20 heavy (non-hydrogen) atoms. The molecule has 0 aliphatic heterocycles. The van der Waals surface area contributed by atoms with Gasteiger partial charge in [0, 0.05) is 18.8 Å². The van der Waals surface area contributed by atoms with Gasteiger partial charge in [0.1, 0.15) is 4.90 Å². The summed E-state index contributed by atoms with van der Waals surface area (Å²) in [7, 11) is -3.56. The summed E-state index contributed by atoms with van der Waals surface area (Å²) in [5, 5.41) is 13.4. The van der Waals surface area contributed by atoms with Crippen molar-refractivity contribution in [1.29, 1.82) is 0 Å². The Labute approximate surface area is 121 Å². The molecule has 1 rings (SSSR count). The maximum atomic E-state index is 12.2.